The van der Waals surface area contributed by atoms with E-state index in [1.807, 2.05) is 18.2 Å². The van der Waals surface area contributed by atoms with Crippen LogP contribution in [0.4, 0.5) is 0 Å². The van der Waals surface area contributed by atoms with Gasteiger partial charge in [0.1, 0.15) is 5.75 Å². The van der Waals surface area contributed by atoms with E-state index in [0.29, 0.717) is 0 Å². The van der Waals surface area contributed by atoms with Gasteiger partial charge in [0.05, 0.1) is 13.2 Å². The lowest BCUT2D eigenvalue weighted by atomic mass is 10.1. The van der Waals surface area contributed by atoms with Gasteiger partial charge < -0.3 is 14.8 Å². The van der Waals surface area contributed by atoms with E-state index in [-0.39, 0.29) is 6.10 Å². The summed E-state index contributed by atoms with van der Waals surface area (Å²) in [7, 11) is 1.71. The van der Waals surface area contributed by atoms with Gasteiger partial charge in [-0.3, -0.25) is 0 Å². The van der Waals surface area contributed by atoms with Gasteiger partial charge >= 0.3 is 0 Å². The van der Waals surface area contributed by atoms with Gasteiger partial charge in [-0.15, -0.1) is 0 Å². The van der Waals surface area contributed by atoms with Crippen molar-refractivity contribution in [3.05, 3.63) is 29.8 Å². The zero-order chi connectivity index (χ0) is 14.6. The van der Waals surface area contributed by atoms with Crippen molar-refractivity contribution in [2.75, 3.05) is 26.8 Å². The molecule has 1 rings (SSSR count). The molecule has 3 nitrogen and oxygen atoms in total. The molecule has 0 aliphatic heterocycles. The first-order valence-electron chi connectivity index (χ1n) is 7.78. The van der Waals surface area contributed by atoms with E-state index in [1.165, 1.54) is 12.8 Å². The number of nitrogens with one attached hydrogen (secondary N) is 1. The molecule has 1 atom stereocenters. The number of unbranched alkanes of at least 4 members (excludes halogenated alkanes) is 2. The number of hydrogen-bond donors (Lipinski definition) is 1. The van der Waals surface area contributed by atoms with E-state index in [2.05, 4.69) is 25.2 Å². The normalized spacial score (nSPS) is 12.3. The third kappa shape index (κ3) is 5.93. The lowest BCUT2D eigenvalue weighted by Crippen LogP contribution is -2.24. The molecular weight excluding hydrogens is 250 g/mol. The zero-order valence-electron chi connectivity index (χ0n) is 13.2. The van der Waals surface area contributed by atoms with E-state index in [0.717, 1.165) is 43.9 Å². The number of para-hydroxylation sites is 1. The van der Waals surface area contributed by atoms with Crippen LogP contribution in [-0.2, 0) is 4.74 Å². The number of benzene rings is 1. The van der Waals surface area contributed by atoms with Crippen LogP contribution >= 0.6 is 0 Å². The first-order valence-corrected chi connectivity index (χ1v) is 7.78. The first-order chi connectivity index (χ1) is 9.83. The molecule has 0 amide bonds. The molecule has 3 heteroatoms. The van der Waals surface area contributed by atoms with Crippen molar-refractivity contribution in [1.82, 2.24) is 5.32 Å². The molecule has 0 saturated heterocycles. The highest BCUT2D eigenvalue weighted by atomic mass is 16.5. The Labute approximate surface area is 123 Å². The molecule has 0 aromatic heterocycles. The van der Waals surface area contributed by atoms with Crippen LogP contribution in [0.25, 0.3) is 0 Å². The first kappa shape index (κ1) is 17.0. The summed E-state index contributed by atoms with van der Waals surface area (Å²) in [6.07, 6.45) is 4.76. The quantitative estimate of drug-likeness (QED) is 0.622. The van der Waals surface area contributed by atoms with E-state index < -0.39 is 0 Å². The molecule has 20 heavy (non-hydrogen) atoms. The maximum Gasteiger partial charge on any atom is 0.124 e. The number of rotatable bonds is 11. The maximum atomic E-state index is 6.08. The zero-order valence-corrected chi connectivity index (χ0v) is 13.2. The van der Waals surface area contributed by atoms with Crippen LogP contribution in [0.5, 0.6) is 5.75 Å². The highest BCUT2D eigenvalue weighted by Crippen LogP contribution is 2.27. The highest BCUT2D eigenvalue weighted by molar-refractivity contribution is 5.35. The topological polar surface area (TPSA) is 30.5 Å². The SMILES string of the molecule is CCCCCOC(CNCCC)c1ccccc1OC. The molecule has 0 fully saturated rings. The standard InChI is InChI=1S/C17H29NO2/c1-4-6-9-13-20-17(14-18-12-5-2)15-10-7-8-11-16(15)19-3/h7-8,10-11,17-18H,4-6,9,12-14H2,1-3H3. The largest absolute Gasteiger partial charge is 0.496 e. The molecule has 1 aromatic rings. The van der Waals surface area contributed by atoms with Gasteiger partial charge in [-0.1, -0.05) is 44.9 Å². The fourth-order valence-electron chi connectivity index (χ4n) is 2.18. The Bertz CT molecular complexity index is 355. The lowest BCUT2D eigenvalue weighted by Gasteiger charge is -2.21. The second kappa shape index (κ2) is 10.7. The minimum absolute atomic E-state index is 0.0644. The summed E-state index contributed by atoms with van der Waals surface area (Å²) in [5.41, 5.74) is 1.13. The number of methoxy groups -OCH3 is 1. The fraction of sp³-hybridized carbons (Fsp3) is 0.647. The molecule has 0 heterocycles. The molecule has 0 radical (unpaired) electrons. The fourth-order valence-corrected chi connectivity index (χ4v) is 2.18. The molecule has 1 unspecified atom stereocenters. The third-order valence-corrected chi connectivity index (χ3v) is 3.31. The van der Waals surface area contributed by atoms with Crippen molar-refractivity contribution in [1.29, 1.82) is 0 Å². The molecule has 1 aromatic carbocycles. The molecular formula is C17H29NO2. The predicted molar refractivity (Wildman–Crippen MR) is 84.4 cm³/mol. The Balaban J connectivity index is 2.64. The second-order valence-corrected chi connectivity index (χ2v) is 5.01. The smallest absolute Gasteiger partial charge is 0.124 e. The van der Waals surface area contributed by atoms with Crippen molar-refractivity contribution >= 4 is 0 Å². The maximum absolute atomic E-state index is 6.08. The highest BCUT2D eigenvalue weighted by Gasteiger charge is 2.15. The molecule has 0 saturated carbocycles. The Kier molecular flexibility index (Phi) is 9.09. The summed E-state index contributed by atoms with van der Waals surface area (Å²) in [6, 6.07) is 8.13. The molecule has 114 valence electrons. The van der Waals surface area contributed by atoms with E-state index in [1.54, 1.807) is 7.11 Å². The summed E-state index contributed by atoms with van der Waals surface area (Å²) in [4.78, 5) is 0. The minimum atomic E-state index is 0.0644. The van der Waals surface area contributed by atoms with Gasteiger partial charge in [0.2, 0.25) is 0 Å². The average molecular weight is 279 g/mol. The van der Waals surface area contributed by atoms with Crippen molar-refractivity contribution in [2.45, 2.75) is 45.6 Å². The van der Waals surface area contributed by atoms with Gasteiger partial charge in [-0.25, -0.2) is 0 Å². The van der Waals surface area contributed by atoms with Crippen LogP contribution in [0.2, 0.25) is 0 Å². The van der Waals surface area contributed by atoms with Crippen LogP contribution in [0.3, 0.4) is 0 Å². The van der Waals surface area contributed by atoms with Gasteiger partial charge in [-0.2, -0.15) is 0 Å². The van der Waals surface area contributed by atoms with Crippen LogP contribution < -0.4 is 10.1 Å². The van der Waals surface area contributed by atoms with E-state index in [4.69, 9.17) is 9.47 Å². The van der Waals surface area contributed by atoms with Gasteiger partial charge in [0.25, 0.3) is 0 Å². The minimum Gasteiger partial charge on any atom is -0.496 e. The molecule has 0 bridgehead atoms. The van der Waals surface area contributed by atoms with Crippen LogP contribution in [0.1, 0.15) is 51.2 Å². The lowest BCUT2D eigenvalue weighted by molar-refractivity contribution is 0.0485. The Morgan fingerprint density at radius 1 is 1.10 bits per heavy atom. The van der Waals surface area contributed by atoms with Gasteiger partial charge in [0.15, 0.2) is 0 Å². The second-order valence-electron chi connectivity index (χ2n) is 5.01. The molecule has 1 N–H and O–H groups in total. The predicted octanol–water partition coefficient (Wildman–Crippen LogP) is 3.94. The Hall–Kier alpha value is -1.06. The van der Waals surface area contributed by atoms with Gasteiger partial charge in [0, 0.05) is 18.7 Å². The van der Waals surface area contributed by atoms with E-state index in [9.17, 15) is 0 Å². The average Bonchev–Trinajstić information content (AvgIpc) is 2.50. The Morgan fingerprint density at radius 2 is 1.90 bits per heavy atom. The third-order valence-electron chi connectivity index (χ3n) is 3.31. The number of hydrogen-bond acceptors (Lipinski definition) is 3. The molecule has 0 aliphatic carbocycles. The summed E-state index contributed by atoms with van der Waals surface area (Å²) in [5.74, 6) is 0.909. The summed E-state index contributed by atoms with van der Waals surface area (Å²) in [6.45, 7) is 7.04. The summed E-state index contributed by atoms with van der Waals surface area (Å²) < 4.78 is 11.5. The van der Waals surface area contributed by atoms with Crippen LogP contribution in [-0.4, -0.2) is 26.8 Å². The van der Waals surface area contributed by atoms with Crippen molar-refractivity contribution < 1.29 is 9.47 Å². The Morgan fingerprint density at radius 3 is 2.60 bits per heavy atom. The summed E-state index contributed by atoms with van der Waals surface area (Å²) in [5, 5.41) is 3.45. The van der Waals surface area contributed by atoms with E-state index >= 15 is 0 Å². The monoisotopic (exact) mass is 279 g/mol. The molecule has 0 spiro atoms. The van der Waals surface area contributed by atoms with Crippen molar-refractivity contribution in [3.63, 3.8) is 0 Å². The van der Waals surface area contributed by atoms with Crippen LogP contribution in [0, 0.1) is 0 Å². The van der Waals surface area contributed by atoms with Gasteiger partial charge in [-0.05, 0) is 25.5 Å². The number of ether oxygens (including phenoxy) is 2. The molecule has 0 aliphatic rings. The van der Waals surface area contributed by atoms with Crippen molar-refractivity contribution in [3.8, 4) is 5.75 Å². The van der Waals surface area contributed by atoms with Crippen molar-refractivity contribution in [2.24, 2.45) is 0 Å². The summed E-state index contributed by atoms with van der Waals surface area (Å²) >= 11 is 0. The van der Waals surface area contributed by atoms with Crippen LogP contribution in [0.15, 0.2) is 24.3 Å².